The first kappa shape index (κ1) is 19.1. The van der Waals surface area contributed by atoms with Crippen molar-refractivity contribution in [2.75, 3.05) is 16.8 Å². The van der Waals surface area contributed by atoms with Crippen molar-refractivity contribution in [1.29, 1.82) is 0 Å². The Morgan fingerprint density at radius 2 is 1.70 bits per heavy atom. The van der Waals surface area contributed by atoms with Gasteiger partial charge in [-0.25, -0.2) is 13.6 Å². The number of benzene rings is 2. The van der Waals surface area contributed by atoms with Crippen LogP contribution in [0.1, 0.15) is 17.5 Å². The Bertz CT molecular complexity index is 980. The molecule has 1 heterocycles. The second-order valence-electron chi connectivity index (χ2n) is 6.81. The van der Waals surface area contributed by atoms with Gasteiger partial charge in [0.05, 0.1) is 10.8 Å². The van der Waals surface area contributed by atoms with Gasteiger partial charge in [-0.3, -0.25) is 9.59 Å². The number of nitrogens with two attached hydrogens (primary N) is 1. The Hall–Kier alpha value is -2.71. The topological polar surface area (TPSA) is 110 Å². The lowest BCUT2D eigenvalue weighted by Gasteiger charge is -2.18. The van der Waals surface area contributed by atoms with Gasteiger partial charge in [-0.15, -0.1) is 0 Å². The first-order chi connectivity index (χ1) is 12.6. The van der Waals surface area contributed by atoms with Crippen LogP contribution >= 0.6 is 0 Å². The maximum atomic E-state index is 12.5. The summed E-state index contributed by atoms with van der Waals surface area (Å²) in [6.45, 7) is 4.24. The van der Waals surface area contributed by atoms with Crippen LogP contribution in [-0.4, -0.2) is 26.8 Å². The van der Waals surface area contributed by atoms with Crippen LogP contribution < -0.4 is 15.4 Å². The Labute approximate surface area is 158 Å². The second kappa shape index (κ2) is 7.13. The Balaban J connectivity index is 1.70. The Morgan fingerprint density at radius 3 is 2.26 bits per heavy atom. The third-order valence-electron chi connectivity index (χ3n) is 4.46. The minimum absolute atomic E-state index is 0.0301. The van der Waals surface area contributed by atoms with Crippen molar-refractivity contribution in [2.45, 2.75) is 25.2 Å². The fraction of sp³-hybridized carbons (Fsp3) is 0.263. The third-order valence-corrected chi connectivity index (χ3v) is 5.39. The van der Waals surface area contributed by atoms with E-state index in [1.54, 1.807) is 4.90 Å². The quantitative estimate of drug-likeness (QED) is 0.835. The summed E-state index contributed by atoms with van der Waals surface area (Å²) >= 11 is 0. The summed E-state index contributed by atoms with van der Waals surface area (Å²) < 4.78 is 22.6. The van der Waals surface area contributed by atoms with E-state index in [0.717, 1.165) is 16.8 Å². The molecule has 3 N–H and O–H groups in total. The summed E-state index contributed by atoms with van der Waals surface area (Å²) in [6.07, 6.45) is 0.133. The summed E-state index contributed by atoms with van der Waals surface area (Å²) in [6, 6.07) is 11.5. The molecule has 0 aromatic heterocycles. The molecule has 1 saturated heterocycles. The minimum Gasteiger partial charge on any atom is -0.326 e. The van der Waals surface area contributed by atoms with Crippen LogP contribution in [0.15, 0.2) is 47.4 Å². The molecule has 0 spiro atoms. The summed E-state index contributed by atoms with van der Waals surface area (Å²) in [4.78, 5) is 26.5. The molecule has 3 rings (SSSR count). The van der Waals surface area contributed by atoms with Gasteiger partial charge < -0.3 is 10.2 Å². The highest BCUT2D eigenvalue weighted by atomic mass is 32.2. The molecular formula is C19H21N3O4S. The molecule has 1 atom stereocenters. The van der Waals surface area contributed by atoms with E-state index in [1.165, 1.54) is 24.3 Å². The number of nitrogens with zero attached hydrogens (tertiary/aromatic N) is 1. The van der Waals surface area contributed by atoms with Crippen molar-refractivity contribution in [1.82, 2.24) is 0 Å². The van der Waals surface area contributed by atoms with Gasteiger partial charge in [-0.2, -0.15) is 0 Å². The van der Waals surface area contributed by atoms with E-state index in [1.807, 2.05) is 32.0 Å². The summed E-state index contributed by atoms with van der Waals surface area (Å²) in [7, 11) is -3.78. The molecule has 0 saturated carbocycles. The average Bonchev–Trinajstić information content (AvgIpc) is 2.95. The number of hydrogen-bond acceptors (Lipinski definition) is 4. The molecule has 2 amide bonds. The molecule has 0 radical (unpaired) electrons. The Kier molecular flexibility index (Phi) is 5.03. The number of sulfonamides is 1. The lowest BCUT2D eigenvalue weighted by atomic mass is 10.1. The smallest absolute Gasteiger partial charge is 0.238 e. The van der Waals surface area contributed by atoms with Gasteiger partial charge in [-0.1, -0.05) is 6.07 Å². The molecule has 7 nitrogen and oxygen atoms in total. The van der Waals surface area contributed by atoms with E-state index in [0.29, 0.717) is 12.2 Å². The average molecular weight is 387 g/mol. The molecule has 2 aromatic carbocycles. The SMILES string of the molecule is Cc1cc(C)cc(N2CC(C(=O)Nc3ccc(S(N)(=O)=O)cc3)CC2=O)c1. The number of hydrogen-bond donors (Lipinski definition) is 2. The highest BCUT2D eigenvalue weighted by molar-refractivity contribution is 7.89. The zero-order chi connectivity index (χ0) is 19.8. The van der Waals surface area contributed by atoms with E-state index in [9.17, 15) is 18.0 Å². The van der Waals surface area contributed by atoms with Crippen molar-refractivity contribution >= 4 is 33.2 Å². The summed E-state index contributed by atoms with van der Waals surface area (Å²) in [5, 5.41) is 7.78. The lowest BCUT2D eigenvalue weighted by molar-refractivity contribution is -0.122. The molecule has 27 heavy (non-hydrogen) atoms. The highest BCUT2D eigenvalue weighted by Gasteiger charge is 2.35. The lowest BCUT2D eigenvalue weighted by Crippen LogP contribution is -2.28. The number of aryl methyl sites for hydroxylation is 2. The van der Waals surface area contributed by atoms with Crippen molar-refractivity contribution in [3.05, 3.63) is 53.6 Å². The molecular weight excluding hydrogens is 366 g/mol. The van der Waals surface area contributed by atoms with Crippen LogP contribution in [0.2, 0.25) is 0 Å². The van der Waals surface area contributed by atoms with E-state index in [2.05, 4.69) is 5.32 Å². The number of amides is 2. The fourth-order valence-corrected chi connectivity index (χ4v) is 3.73. The zero-order valence-corrected chi connectivity index (χ0v) is 15.9. The maximum absolute atomic E-state index is 12.5. The van der Waals surface area contributed by atoms with E-state index < -0.39 is 15.9 Å². The zero-order valence-electron chi connectivity index (χ0n) is 15.1. The van der Waals surface area contributed by atoms with Gasteiger partial charge in [0.1, 0.15) is 0 Å². The second-order valence-corrected chi connectivity index (χ2v) is 8.37. The van der Waals surface area contributed by atoms with Gasteiger partial charge in [0.25, 0.3) is 0 Å². The normalized spacial score (nSPS) is 17.2. The van der Waals surface area contributed by atoms with Crippen molar-refractivity contribution < 1.29 is 18.0 Å². The number of nitrogens with one attached hydrogen (secondary N) is 1. The first-order valence-electron chi connectivity index (χ1n) is 8.46. The standard InChI is InChI=1S/C19H21N3O4S/c1-12-7-13(2)9-16(8-12)22-11-14(10-18(22)23)19(24)21-15-3-5-17(6-4-15)27(20,25)26/h3-9,14H,10-11H2,1-2H3,(H,21,24)(H2,20,25,26). The predicted molar refractivity (Wildman–Crippen MR) is 103 cm³/mol. The van der Waals surface area contributed by atoms with Gasteiger partial charge in [0, 0.05) is 24.3 Å². The van der Waals surface area contributed by atoms with Crippen LogP contribution in [-0.2, 0) is 19.6 Å². The minimum atomic E-state index is -3.78. The van der Waals surface area contributed by atoms with Crippen LogP contribution in [0.3, 0.4) is 0 Å². The molecule has 1 aliphatic heterocycles. The molecule has 1 aliphatic rings. The number of anilines is 2. The monoisotopic (exact) mass is 387 g/mol. The van der Waals surface area contributed by atoms with Gasteiger partial charge >= 0.3 is 0 Å². The molecule has 0 bridgehead atoms. The number of rotatable bonds is 4. The third kappa shape index (κ3) is 4.35. The molecule has 8 heteroatoms. The largest absolute Gasteiger partial charge is 0.326 e. The number of primary sulfonamides is 1. The van der Waals surface area contributed by atoms with Crippen molar-refractivity contribution in [3.8, 4) is 0 Å². The number of carbonyl (C=O) groups excluding carboxylic acids is 2. The maximum Gasteiger partial charge on any atom is 0.238 e. The van der Waals surface area contributed by atoms with E-state index in [4.69, 9.17) is 5.14 Å². The van der Waals surface area contributed by atoms with Crippen LogP contribution in [0.4, 0.5) is 11.4 Å². The van der Waals surface area contributed by atoms with Crippen molar-refractivity contribution in [3.63, 3.8) is 0 Å². The van der Waals surface area contributed by atoms with Crippen LogP contribution in [0.5, 0.6) is 0 Å². The predicted octanol–water partition coefficient (Wildman–Crippen LogP) is 1.94. The highest BCUT2D eigenvalue weighted by Crippen LogP contribution is 2.27. The molecule has 142 valence electrons. The van der Waals surface area contributed by atoms with Gasteiger partial charge in [0.15, 0.2) is 0 Å². The molecule has 0 aliphatic carbocycles. The summed E-state index contributed by atoms with van der Waals surface area (Å²) in [5.74, 6) is -0.848. The van der Waals surface area contributed by atoms with E-state index in [-0.39, 0.29) is 23.1 Å². The molecule has 2 aromatic rings. The summed E-state index contributed by atoms with van der Waals surface area (Å²) in [5.41, 5.74) is 3.36. The number of carbonyl (C=O) groups is 2. The van der Waals surface area contributed by atoms with Gasteiger partial charge in [-0.05, 0) is 61.4 Å². The fourth-order valence-electron chi connectivity index (χ4n) is 3.21. The van der Waals surface area contributed by atoms with Crippen molar-refractivity contribution in [2.24, 2.45) is 11.1 Å². The van der Waals surface area contributed by atoms with Gasteiger partial charge in [0.2, 0.25) is 21.8 Å². The van der Waals surface area contributed by atoms with Crippen LogP contribution in [0.25, 0.3) is 0 Å². The first-order valence-corrected chi connectivity index (χ1v) is 10.0. The van der Waals surface area contributed by atoms with E-state index >= 15 is 0 Å². The molecule has 1 fully saturated rings. The molecule has 1 unspecified atom stereocenters. The Morgan fingerprint density at radius 1 is 1.11 bits per heavy atom. The van der Waals surface area contributed by atoms with Crippen LogP contribution in [0, 0.1) is 19.8 Å².